The molecule has 2 amide bonds. The molecule has 0 aromatic heterocycles. The fraction of sp³-hybridized carbons (Fsp3) is 0.333. The summed E-state index contributed by atoms with van der Waals surface area (Å²) in [7, 11) is -4.59. The first kappa shape index (κ1) is 35.5. The van der Waals surface area contributed by atoms with Crippen LogP contribution in [0.2, 0.25) is 15.1 Å². The zero-order chi connectivity index (χ0) is 33.0. The van der Waals surface area contributed by atoms with Gasteiger partial charge in [0.25, 0.3) is 10.0 Å². The Morgan fingerprint density at radius 3 is 2.09 bits per heavy atom. The van der Waals surface area contributed by atoms with E-state index in [1.807, 2.05) is 0 Å². The van der Waals surface area contributed by atoms with E-state index in [-0.39, 0.29) is 22.9 Å². The normalized spacial score (nSPS) is 12.9. The van der Waals surface area contributed by atoms with E-state index in [1.165, 1.54) is 30.3 Å². The lowest BCUT2D eigenvalue weighted by molar-refractivity contribution is -0.141. The average molecular weight is 693 g/mol. The number of amides is 2. The highest BCUT2D eigenvalue weighted by atomic mass is 35.5. The molecule has 0 fully saturated rings. The van der Waals surface area contributed by atoms with Crippen LogP contribution in [0.25, 0.3) is 0 Å². The Hall–Kier alpha value is -2.99. The summed E-state index contributed by atoms with van der Waals surface area (Å²) in [6.07, 6.45) is -4.78. The van der Waals surface area contributed by atoms with Gasteiger partial charge in [0.15, 0.2) is 0 Å². The number of benzene rings is 3. The number of nitrogens with zero attached hydrogens (tertiary/aromatic N) is 2. The number of rotatable bonds is 10. The minimum Gasteiger partial charge on any atom is -0.350 e. The summed E-state index contributed by atoms with van der Waals surface area (Å²) in [5, 5.41) is 2.71. The van der Waals surface area contributed by atoms with Crippen LogP contribution in [0, 0.1) is 0 Å². The van der Waals surface area contributed by atoms with Gasteiger partial charge in [-0.2, -0.15) is 13.2 Å². The van der Waals surface area contributed by atoms with Crippen molar-refractivity contribution in [1.82, 2.24) is 10.2 Å². The van der Waals surface area contributed by atoms with Gasteiger partial charge in [-0.25, -0.2) is 8.42 Å². The largest absolute Gasteiger partial charge is 0.417 e. The molecule has 0 aliphatic rings. The van der Waals surface area contributed by atoms with Crippen LogP contribution in [0.5, 0.6) is 0 Å². The molecule has 14 heteroatoms. The van der Waals surface area contributed by atoms with Crippen molar-refractivity contribution in [3.05, 3.63) is 92.9 Å². The number of nitrogens with one attached hydrogen (secondary N) is 1. The second kappa shape index (κ2) is 14.0. The molecular weight excluding hydrogens is 662 g/mol. The third kappa shape index (κ3) is 8.80. The zero-order valence-electron chi connectivity index (χ0n) is 24.3. The van der Waals surface area contributed by atoms with E-state index < -0.39 is 62.4 Å². The standard InChI is InChI=1S/C30H31Cl3F3N3O4S/c1-5-26(28(41)37-29(2,3)4)38(17-19-11-12-20(31)15-25(19)33)27(40)18-39(44(42,43)22-9-7-6-8-10-22)21-13-14-24(32)23(16-21)30(34,35)36/h6-16,26H,5,17-18H2,1-4H3,(H,37,41)/t26-/m1/s1. The van der Waals surface area contributed by atoms with Crippen molar-refractivity contribution in [2.24, 2.45) is 0 Å². The van der Waals surface area contributed by atoms with Crippen molar-refractivity contribution in [1.29, 1.82) is 0 Å². The average Bonchev–Trinajstić information content (AvgIpc) is 2.92. The molecule has 3 rings (SSSR count). The van der Waals surface area contributed by atoms with Gasteiger partial charge < -0.3 is 10.2 Å². The number of alkyl halides is 3. The van der Waals surface area contributed by atoms with Crippen LogP contribution in [0.3, 0.4) is 0 Å². The molecule has 0 bridgehead atoms. The quantitative estimate of drug-likeness (QED) is 0.237. The van der Waals surface area contributed by atoms with Crippen molar-refractivity contribution in [2.45, 2.75) is 63.3 Å². The van der Waals surface area contributed by atoms with Gasteiger partial charge in [-0.3, -0.25) is 13.9 Å². The van der Waals surface area contributed by atoms with Crippen LogP contribution >= 0.6 is 34.8 Å². The predicted molar refractivity (Wildman–Crippen MR) is 166 cm³/mol. The van der Waals surface area contributed by atoms with Crippen molar-refractivity contribution in [3.63, 3.8) is 0 Å². The highest BCUT2D eigenvalue weighted by molar-refractivity contribution is 7.92. The molecule has 7 nitrogen and oxygen atoms in total. The van der Waals surface area contributed by atoms with Crippen molar-refractivity contribution in [2.75, 3.05) is 10.8 Å². The summed E-state index contributed by atoms with van der Waals surface area (Å²) in [6.45, 7) is 5.77. The van der Waals surface area contributed by atoms with Gasteiger partial charge in [0.1, 0.15) is 12.6 Å². The van der Waals surface area contributed by atoms with Crippen LogP contribution in [-0.2, 0) is 32.3 Å². The molecule has 1 atom stereocenters. The number of carbonyl (C=O) groups excluding carboxylic acids is 2. The van der Waals surface area contributed by atoms with E-state index in [0.29, 0.717) is 21.0 Å². The maximum absolute atomic E-state index is 14.1. The first-order valence-corrected chi connectivity index (χ1v) is 15.9. The summed E-state index contributed by atoms with van der Waals surface area (Å²) >= 11 is 18.2. The second-order valence-corrected chi connectivity index (χ2v) is 14.0. The molecule has 0 saturated heterocycles. The Bertz CT molecular complexity index is 1620. The molecule has 0 aliphatic carbocycles. The molecule has 0 unspecified atom stereocenters. The van der Waals surface area contributed by atoms with Crippen LogP contribution in [0.15, 0.2) is 71.6 Å². The fourth-order valence-electron chi connectivity index (χ4n) is 4.34. The molecule has 0 aliphatic heterocycles. The van der Waals surface area contributed by atoms with Crippen LogP contribution < -0.4 is 9.62 Å². The Labute approximate surface area is 269 Å². The summed E-state index contributed by atoms with van der Waals surface area (Å²) in [4.78, 5) is 28.4. The number of anilines is 1. The minimum atomic E-state index is -4.91. The molecule has 0 radical (unpaired) electrons. The Morgan fingerprint density at radius 2 is 1.55 bits per heavy atom. The highest BCUT2D eigenvalue weighted by Gasteiger charge is 2.37. The van der Waals surface area contributed by atoms with Gasteiger partial charge in [-0.15, -0.1) is 0 Å². The highest BCUT2D eigenvalue weighted by Crippen LogP contribution is 2.38. The SMILES string of the molecule is CC[C@H](C(=O)NC(C)(C)C)N(Cc1ccc(Cl)cc1Cl)C(=O)CN(c1ccc(Cl)c(C(F)(F)F)c1)S(=O)(=O)c1ccccc1. The third-order valence-corrected chi connectivity index (χ3v) is 9.10. The number of hydrogen-bond donors (Lipinski definition) is 1. The Balaban J connectivity index is 2.17. The van der Waals surface area contributed by atoms with E-state index >= 15 is 0 Å². The second-order valence-electron chi connectivity index (χ2n) is 10.9. The summed E-state index contributed by atoms with van der Waals surface area (Å²) in [5.74, 6) is -1.38. The van der Waals surface area contributed by atoms with E-state index in [4.69, 9.17) is 34.8 Å². The van der Waals surface area contributed by atoms with Gasteiger partial charge in [-0.05, 0) is 75.2 Å². The van der Waals surface area contributed by atoms with E-state index in [2.05, 4.69) is 5.32 Å². The van der Waals surface area contributed by atoms with Crippen LogP contribution in [0.4, 0.5) is 18.9 Å². The van der Waals surface area contributed by atoms with Gasteiger partial charge in [-0.1, -0.05) is 66.0 Å². The lowest BCUT2D eigenvalue weighted by atomic mass is 10.1. The molecule has 0 heterocycles. The maximum atomic E-state index is 14.1. The van der Waals surface area contributed by atoms with Gasteiger partial charge in [0.2, 0.25) is 11.8 Å². The van der Waals surface area contributed by atoms with Crippen molar-refractivity contribution >= 4 is 62.3 Å². The molecular formula is C30H31Cl3F3N3O4S. The lowest BCUT2D eigenvalue weighted by Gasteiger charge is -2.35. The first-order valence-electron chi connectivity index (χ1n) is 13.3. The molecule has 238 valence electrons. The molecule has 3 aromatic rings. The number of halogens is 6. The smallest absolute Gasteiger partial charge is 0.350 e. The fourth-order valence-corrected chi connectivity index (χ4v) is 6.46. The topological polar surface area (TPSA) is 86.8 Å². The van der Waals surface area contributed by atoms with E-state index in [1.54, 1.807) is 45.9 Å². The van der Waals surface area contributed by atoms with Crippen molar-refractivity contribution in [3.8, 4) is 0 Å². The molecule has 44 heavy (non-hydrogen) atoms. The third-order valence-electron chi connectivity index (χ3n) is 6.39. The molecule has 0 spiro atoms. The maximum Gasteiger partial charge on any atom is 0.417 e. The van der Waals surface area contributed by atoms with Gasteiger partial charge in [0.05, 0.1) is 21.2 Å². The molecule has 0 saturated carbocycles. The number of sulfonamides is 1. The number of carbonyl (C=O) groups is 2. The summed E-state index contributed by atoms with van der Waals surface area (Å²) in [6, 6.07) is 13.0. The zero-order valence-corrected chi connectivity index (χ0v) is 27.3. The van der Waals surface area contributed by atoms with E-state index in [0.717, 1.165) is 17.0 Å². The van der Waals surface area contributed by atoms with E-state index in [9.17, 15) is 31.2 Å². The molecule has 3 aromatic carbocycles. The Kier molecular flexibility index (Phi) is 11.3. The predicted octanol–water partition coefficient (Wildman–Crippen LogP) is 7.58. The lowest BCUT2D eigenvalue weighted by Crippen LogP contribution is -2.55. The van der Waals surface area contributed by atoms with Crippen LogP contribution in [0.1, 0.15) is 45.2 Å². The van der Waals surface area contributed by atoms with Crippen molar-refractivity contribution < 1.29 is 31.2 Å². The number of hydrogen-bond acceptors (Lipinski definition) is 4. The monoisotopic (exact) mass is 691 g/mol. The summed E-state index contributed by atoms with van der Waals surface area (Å²) < 4.78 is 69.7. The van der Waals surface area contributed by atoms with Gasteiger partial charge >= 0.3 is 6.18 Å². The Morgan fingerprint density at radius 1 is 0.909 bits per heavy atom. The van der Waals surface area contributed by atoms with Gasteiger partial charge in [0, 0.05) is 22.1 Å². The molecule has 1 N–H and O–H groups in total. The minimum absolute atomic E-state index is 0.128. The summed E-state index contributed by atoms with van der Waals surface area (Å²) in [5.41, 5.74) is -1.99. The first-order chi connectivity index (χ1) is 20.3. The van der Waals surface area contributed by atoms with Crippen LogP contribution in [-0.4, -0.2) is 43.3 Å².